The van der Waals surface area contributed by atoms with Gasteiger partial charge in [0.05, 0.1) is 6.61 Å². The normalized spacial score (nSPS) is 13.6. The second-order valence-corrected chi connectivity index (χ2v) is 5.84. The third-order valence-corrected chi connectivity index (χ3v) is 3.61. The fourth-order valence-electron chi connectivity index (χ4n) is 2.20. The average molecular weight is 308 g/mol. The molecule has 1 heterocycles. The van der Waals surface area contributed by atoms with Crippen molar-refractivity contribution in [3.63, 3.8) is 0 Å². The SMILES string of the molecule is COCCNC(=O)NCC(C)(C)c1ccc2c(c1)OCCO2. The molecule has 2 N–H and O–H groups in total. The van der Waals surface area contributed by atoms with Crippen LogP contribution in [0, 0.1) is 0 Å². The van der Waals surface area contributed by atoms with Crippen molar-refractivity contribution < 1.29 is 19.0 Å². The third kappa shape index (κ3) is 4.27. The summed E-state index contributed by atoms with van der Waals surface area (Å²) < 4.78 is 16.0. The number of amides is 2. The summed E-state index contributed by atoms with van der Waals surface area (Å²) in [6.45, 7) is 6.81. The summed E-state index contributed by atoms with van der Waals surface area (Å²) in [6, 6.07) is 5.73. The van der Waals surface area contributed by atoms with Gasteiger partial charge in [0, 0.05) is 25.6 Å². The average Bonchev–Trinajstić information content (AvgIpc) is 2.53. The second kappa shape index (κ2) is 7.35. The molecule has 22 heavy (non-hydrogen) atoms. The summed E-state index contributed by atoms with van der Waals surface area (Å²) in [4.78, 5) is 11.7. The van der Waals surface area contributed by atoms with Crippen LogP contribution in [0.4, 0.5) is 4.79 Å². The summed E-state index contributed by atoms with van der Waals surface area (Å²) in [7, 11) is 1.60. The molecule has 0 bridgehead atoms. The van der Waals surface area contributed by atoms with Crippen molar-refractivity contribution in [1.29, 1.82) is 0 Å². The maximum atomic E-state index is 11.7. The molecule has 0 unspecified atom stereocenters. The molecule has 0 spiro atoms. The molecule has 0 saturated heterocycles. The molecular weight excluding hydrogens is 284 g/mol. The summed E-state index contributed by atoms with van der Waals surface area (Å²) in [5, 5.41) is 5.62. The quantitative estimate of drug-likeness (QED) is 0.785. The predicted molar refractivity (Wildman–Crippen MR) is 83.7 cm³/mol. The molecule has 0 aromatic heterocycles. The van der Waals surface area contributed by atoms with Crippen molar-refractivity contribution in [2.45, 2.75) is 19.3 Å². The van der Waals surface area contributed by atoms with Crippen molar-refractivity contribution in [3.8, 4) is 11.5 Å². The Hall–Kier alpha value is -1.95. The Bertz CT molecular complexity index is 517. The van der Waals surface area contributed by atoms with E-state index in [0.29, 0.717) is 32.9 Å². The Balaban J connectivity index is 1.93. The number of rotatable bonds is 6. The number of ether oxygens (including phenoxy) is 3. The zero-order valence-corrected chi connectivity index (χ0v) is 13.4. The van der Waals surface area contributed by atoms with Crippen LogP contribution < -0.4 is 20.1 Å². The molecule has 0 aliphatic carbocycles. The van der Waals surface area contributed by atoms with Gasteiger partial charge in [0.2, 0.25) is 0 Å². The van der Waals surface area contributed by atoms with Gasteiger partial charge in [0.1, 0.15) is 13.2 Å². The van der Waals surface area contributed by atoms with E-state index in [1.165, 1.54) is 0 Å². The lowest BCUT2D eigenvalue weighted by Crippen LogP contribution is -2.43. The lowest BCUT2D eigenvalue weighted by molar-refractivity contribution is 0.171. The number of urea groups is 1. The minimum absolute atomic E-state index is 0.192. The Labute approximate surface area is 131 Å². The minimum Gasteiger partial charge on any atom is -0.486 e. The molecule has 6 heteroatoms. The molecule has 122 valence electrons. The highest BCUT2D eigenvalue weighted by molar-refractivity contribution is 5.73. The van der Waals surface area contributed by atoms with Crippen LogP contribution in [0.1, 0.15) is 19.4 Å². The fraction of sp³-hybridized carbons (Fsp3) is 0.562. The third-order valence-electron chi connectivity index (χ3n) is 3.61. The van der Waals surface area contributed by atoms with E-state index in [9.17, 15) is 4.79 Å². The first kappa shape index (κ1) is 16.4. The van der Waals surface area contributed by atoms with Crippen molar-refractivity contribution in [2.24, 2.45) is 0 Å². The number of nitrogens with one attached hydrogen (secondary N) is 2. The number of benzene rings is 1. The smallest absolute Gasteiger partial charge is 0.314 e. The van der Waals surface area contributed by atoms with E-state index >= 15 is 0 Å². The minimum atomic E-state index is -0.214. The van der Waals surface area contributed by atoms with E-state index in [0.717, 1.165) is 17.1 Å². The number of fused-ring (bicyclic) bond motifs is 1. The largest absolute Gasteiger partial charge is 0.486 e. The molecular formula is C16H24N2O4. The monoisotopic (exact) mass is 308 g/mol. The Morgan fingerprint density at radius 1 is 1.23 bits per heavy atom. The van der Waals surface area contributed by atoms with E-state index in [-0.39, 0.29) is 11.4 Å². The lowest BCUT2D eigenvalue weighted by atomic mass is 9.84. The van der Waals surface area contributed by atoms with Crippen LogP contribution >= 0.6 is 0 Å². The molecule has 2 rings (SSSR count). The zero-order chi connectivity index (χ0) is 16.0. The van der Waals surface area contributed by atoms with Gasteiger partial charge in [-0.1, -0.05) is 19.9 Å². The lowest BCUT2D eigenvalue weighted by Gasteiger charge is -2.27. The second-order valence-electron chi connectivity index (χ2n) is 5.84. The zero-order valence-electron chi connectivity index (χ0n) is 13.4. The Morgan fingerprint density at radius 2 is 1.95 bits per heavy atom. The first-order chi connectivity index (χ1) is 10.5. The molecule has 1 aliphatic rings. The number of hydrogen-bond acceptors (Lipinski definition) is 4. The van der Waals surface area contributed by atoms with Crippen LogP contribution in [-0.2, 0) is 10.2 Å². The first-order valence-electron chi connectivity index (χ1n) is 7.44. The van der Waals surface area contributed by atoms with Gasteiger partial charge < -0.3 is 24.8 Å². The summed E-state index contributed by atoms with van der Waals surface area (Å²) in [5.41, 5.74) is 0.878. The topological polar surface area (TPSA) is 68.8 Å². The molecule has 1 aromatic rings. The van der Waals surface area contributed by atoms with Crippen LogP contribution in [0.3, 0.4) is 0 Å². The highest BCUT2D eigenvalue weighted by atomic mass is 16.6. The highest BCUT2D eigenvalue weighted by Gasteiger charge is 2.24. The van der Waals surface area contributed by atoms with Crippen LogP contribution in [0.2, 0.25) is 0 Å². The van der Waals surface area contributed by atoms with E-state index in [4.69, 9.17) is 14.2 Å². The van der Waals surface area contributed by atoms with E-state index in [1.807, 2.05) is 18.2 Å². The van der Waals surface area contributed by atoms with Crippen LogP contribution in [0.5, 0.6) is 11.5 Å². The maximum absolute atomic E-state index is 11.7. The van der Waals surface area contributed by atoms with Crippen LogP contribution in [0.15, 0.2) is 18.2 Å². The molecule has 6 nitrogen and oxygen atoms in total. The van der Waals surface area contributed by atoms with Gasteiger partial charge in [-0.25, -0.2) is 4.79 Å². The highest BCUT2D eigenvalue weighted by Crippen LogP contribution is 2.34. The summed E-state index contributed by atoms with van der Waals surface area (Å²) >= 11 is 0. The number of carbonyl (C=O) groups is 1. The van der Waals surface area contributed by atoms with Gasteiger partial charge in [-0.15, -0.1) is 0 Å². The van der Waals surface area contributed by atoms with Gasteiger partial charge in [-0.3, -0.25) is 0 Å². The van der Waals surface area contributed by atoms with Gasteiger partial charge >= 0.3 is 6.03 Å². The van der Waals surface area contributed by atoms with Crippen molar-refractivity contribution in [2.75, 3.05) is 40.0 Å². The maximum Gasteiger partial charge on any atom is 0.314 e. The van der Waals surface area contributed by atoms with E-state index in [1.54, 1.807) is 7.11 Å². The summed E-state index contributed by atoms with van der Waals surface area (Å²) in [6.07, 6.45) is 0. The van der Waals surface area contributed by atoms with Gasteiger partial charge in [-0.05, 0) is 17.7 Å². The molecule has 0 radical (unpaired) electrons. The van der Waals surface area contributed by atoms with E-state index < -0.39 is 0 Å². The van der Waals surface area contributed by atoms with Gasteiger partial charge in [-0.2, -0.15) is 0 Å². The first-order valence-corrected chi connectivity index (χ1v) is 7.44. The molecule has 0 atom stereocenters. The Morgan fingerprint density at radius 3 is 2.68 bits per heavy atom. The number of methoxy groups -OCH3 is 1. The Kier molecular flexibility index (Phi) is 5.49. The van der Waals surface area contributed by atoms with Crippen molar-refractivity contribution in [1.82, 2.24) is 10.6 Å². The molecule has 2 amide bonds. The predicted octanol–water partition coefficient (Wildman–Crippen LogP) is 1.68. The van der Waals surface area contributed by atoms with Gasteiger partial charge in [0.25, 0.3) is 0 Å². The molecule has 0 saturated carbocycles. The van der Waals surface area contributed by atoms with E-state index in [2.05, 4.69) is 24.5 Å². The standard InChI is InChI=1S/C16H24N2O4/c1-16(2,11-18-15(19)17-6-7-20-3)12-4-5-13-14(10-12)22-9-8-21-13/h4-5,10H,6-9,11H2,1-3H3,(H2,17,18,19). The van der Waals surface area contributed by atoms with Gasteiger partial charge in [0.15, 0.2) is 11.5 Å². The number of hydrogen-bond donors (Lipinski definition) is 2. The number of carbonyl (C=O) groups excluding carboxylic acids is 1. The van der Waals surface area contributed by atoms with Crippen molar-refractivity contribution in [3.05, 3.63) is 23.8 Å². The fourth-order valence-corrected chi connectivity index (χ4v) is 2.20. The van der Waals surface area contributed by atoms with Crippen LogP contribution in [-0.4, -0.2) is 46.1 Å². The molecule has 1 aromatic carbocycles. The molecule has 0 fully saturated rings. The summed E-state index contributed by atoms with van der Waals surface area (Å²) in [5.74, 6) is 1.54. The van der Waals surface area contributed by atoms with Crippen LogP contribution in [0.25, 0.3) is 0 Å². The van der Waals surface area contributed by atoms with Crippen molar-refractivity contribution >= 4 is 6.03 Å². The molecule has 1 aliphatic heterocycles.